The van der Waals surface area contributed by atoms with E-state index in [-0.39, 0.29) is 23.8 Å². The van der Waals surface area contributed by atoms with Crippen LogP contribution >= 0.6 is 12.6 Å². The second kappa shape index (κ2) is 6.74. The standard InChI is InChI=1S/C17H20N2O3S/c20-15(18-8-9-23)11-6-7-13-14(10-11)17(22)19(16(13)21)12-4-2-1-3-5-12/h6-7,10,12,23H,1-5,8-9H2,(H,18,20). The molecule has 1 aliphatic heterocycles. The summed E-state index contributed by atoms with van der Waals surface area (Å²) in [6.45, 7) is 0.458. The molecule has 0 unspecified atom stereocenters. The fourth-order valence-corrected chi connectivity index (χ4v) is 3.45. The van der Waals surface area contributed by atoms with Crippen molar-refractivity contribution in [2.75, 3.05) is 12.3 Å². The van der Waals surface area contributed by atoms with Gasteiger partial charge in [-0.2, -0.15) is 12.6 Å². The third-order valence-corrected chi connectivity index (χ3v) is 4.74. The number of hydrogen-bond acceptors (Lipinski definition) is 4. The lowest BCUT2D eigenvalue weighted by atomic mass is 9.94. The number of benzene rings is 1. The highest BCUT2D eigenvalue weighted by molar-refractivity contribution is 7.80. The third-order valence-electron chi connectivity index (χ3n) is 4.52. The van der Waals surface area contributed by atoms with Crippen molar-refractivity contribution in [1.29, 1.82) is 0 Å². The zero-order valence-electron chi connectivity index (χ0n) is 12.9. The van der Waals surface area contributed by atoms with Crippen LogP contribution in [0.25, 0.3) is 0 Å². The van der Waals surface area contributed by atoms with Crippen LogP contribution in [-0.4, -0.2) is 41.0 Å². The summed E-state index contributed by atoms with van der Waals surface area (Å²) in [6.07, 6.45) is 5.02. The Morgan fingerprint density at radius 2 is 1.83 bits per heavy atom. The summed E-state index contributed by atoms with van der Waals surface area (Å²) in [5.74, 6) is -0.193. The topological polar surface area (TPSA) is 66.5 Å². The van der Waals surface area contributed by atoms with Crippen molar-refractivity contribution >= 4 is 30.4 Å². The first kappa shape index (κ1) is 16.1. The average Bonchev–Trinajstić information content (AvgIpc) is 2.84. The van der Waals surface area contributed by atoms with Crippen molar-refractivity contribution in [1.82, 2.24) is 10.2 Å². The first-order valence-corrected chi connectivity index (χ1v) is 8.67. The Labute approximate surface area is 140 Å². The van der Waals surface area contributed by atoms with Gasteiger partial charge in [0.1, 0.15) is 0 Å². The number of rotatable bonds is 4. The zero-order valence-corrected chi connectivity index (χ0v) is 13.8. The number of thiol groups is 1. The molecular formula is C17H20N2O3S. The van der Waals surface area contributed by atoms with E-state index in [1.165, 1.54) is 11.0 Å². The van der Waals surface area contributed by atoms with Gasteiger partial charge >= 0.3 is 0 Å². The van der Waals surface area contributed by atoms with E-state index in [0.717, 1.165) is 32.1 Å². The van der Waals surface area contributed by atoms with Crippen LogP contribution in [0.15, 0.2) is 18.2 Å². The van der Waals surface area contributed by atoms with Crippen molar-refractivity contribution in [3.63, 3.8) is 0 Å². The molecule has 0 radical (unpaired) electrons. The molecule has 6 heteroatoms. The molecule has 1 aromatic carbocycles. The van der Waals surface area contributed by atoms with Crippen LogP contribution in [0.1, 0.15) is 63.2 Å². The summed E-state index contributed by atoms with van der Waals surface area (Å²) in [7, 11) is 0. The predicted octanol–water partition coefficient (Wildman–Crippen LogP) is 2.27. The summed E-state index contributed by atoms with van der Waals surface area (Å²) in [4.78, 5) is 38.6. The van der Waals surface area contributed by atoms with E-state index in [9.17, 15) is 14.4 Å². The zero-order chi connectivity index (χ0) is 16.4. The summed E-state index contributed by atoms with van der Waals surface area (Å²) >= 11 is 4.05. The van der Waals surface area contributed by atoms with Crippen LogP contribution in [0, 0.1) is 0 Å². The smallest absolute Gasteiger partial charge is 0.261 e. The largest absolute Gasteiger partial charge is 0.351 e. The lowest BCUT2D eigenvalue weighted by Gasteiger charge is -2.29. The van der Waals surface area contributed by atoms with E-state index in [0.29, 0.717) is 29.0 Å². The SMILES string of the molecule is O=C(NCCS)c1ccc2c(c1)C(=O)N(C1CCCCC1)C2=O. The second-order valence-electron chi connectivity index (χ2n) is 6.01. The van der Waals surface area contributed by atoms with Gasteiger partial charge in [-0.15, -0.1) is 0 Å². The van der Waals surface area contributed by atoms with Crippen LogP contribution in [0.3, 0.4) is 0 Å². The van der Waals surface area contributed by atoms with Crippen LogP contribution in [0.4, 0.5) is 0 Å². The van der Waals surface area contributed by atoms with Gasteiger partial charge in [-0.3, -0.25) is 19.3 Å². The lowest BCUT2D eigenvalue weighted by Crippen LogP contribution is -2.40. The van der Waals surface area contributed by atoms with Gasteiger partial charge in [0.25, 0.3) is 17.7 Å². The molecule has 3 amide bonds. The highest BCUT2D eigenvalue weighted by atomic mass is 32.1. The molecule has 122 valence electrons. The molecule has 23 heavy (non-hydrogen) atoms. The Kier molecular flexibility index (Phi) is 4.71. The molecule has 0 saturated heterocycles. The number of nitrogens with one attached hydrogen (secondary N) is 1. The normalized spacial score (nSPS) is 18.2. The first-order valence-electron chi connectivity index (χ1n) is 8.04. The summed E-state index contributed by atoms with van der Waals surface area (Å²) < 4.78 is 0. The van der Waals surface area contributed by atoms with Crippen LogP contribution in [-0.2, 0) is 0 Å². The maximum Gasteiger partial charge on any atom is 0.261 e. The minimum Gasteiger partial charge on any atom is -0.351 e. The van der Waals surface area contributed by atoms with Gasteiger partial charge in [-0.25, -0.2) is 0 Å². The fourth-order valence-electron chi connectivity index (χ4n) is 3.34. The van der Waals surface area contributed by atoms with E-state index in [2.05, 4.69) is 17.9 Å². The van der Waals surface area contributed by atoms with E-state index in [1.54, 1.807) is 12.1 Å². The Balaban J connectivity index is 1.85. The van der Waals surface area contributed by atoms with Crippen molar-refractivity contribution in [2.24, 2.45) is 0 Å². The van der Waals surface area contributed by atoms with Gasteiger partial charge < -0.3 is 5.32 Å². The van der Waals surface area contributed by atoms with E-state index in [4.69, 9.17) is 0 Å². The lowest BCUT2D eigenvalue weighted by molar-refractivity contribution is 0.0549. The van der Waals surface area contributed by atoms with Gasteiger partial charge in [-0.05, 0) is 31.0 Å². The molecule has 1 aromatic rings. The number of amides is 3. The molecule has 0 atom stereocenters. The molecular weight excluding hydrogens is 312 g/mol. The number of carbonyl (C=O) groups is 3. The Hall–Kier alpha value is -1.82. The van der Waals surface area contributed by atoms with Crippen molar-refractivity contribution in [3.05, 3.63) is 34.9 Å². The predicted molar refractivity (Wildman–Crippen MR) is 90.0 cm³/mol. The third kappa shape index (κ3) is 3.00. The quantitative estimate of drug-likeness (QED) is 0.657. The second-order valence-corrected chi connectivity index (χ2v) is 6.46. The Morgan fingerprint density at radius 3 is 2.52 bits per heavy atom. The molecule has 5 nitrogen and oxygen atoms in total. The highest BCUT2D eigenvalue weighted by Gasteiger charge is 2.40. The van der Waals surface area contributed by atoms with E-state index in [1.807, 2.05) is 0 Å². The first-order chi connectivity index (χ1) is 11.1. The number of fused-ring (bicyclic) bond motifs is 1. The van der Waals surface area contributed by atoms with Gasteiger partial charge in [0.2, 0.25) is 0 Å². The fraction of sp³-hybridized carbons (Fsp3) is 0.471. The maximum absolute atomic E-state index is 12.7. The molecule has 2 aliphatic rings. The molecule has 1 fully saturated rings. The molecule has 0 spiro atoms. The van der Waals surface area contributed by atoms with Gasteiger partial charge in [-0.1, -0.05) is 19.3 Å². The Morgan fingerprint density at radius 1 is 1.13 bits per heavy atom. The van der Waals surface area contributed by atoms with Crippen molar-refractivity contribution in [2.45, 2.75) is 38.1 Å². The van der Waals surface area contributed by atoms with Crippen LogP contribution in [0.2, 0.25) is 0 Å². The Bertz CT molecular complexity index is 653. The van der Waals surface area contributed by atoms with Crippen molar-refractivity contribution < 1.29 is 14.4 Å². The van der Waals surface area contributed by atoms with Gasteiger partial charge in [0, 0.05) is 23.9 Å². The number of imide groups is 1. The summed E-state index contributed by atoms with van der Waals surface area (Å²) in [5.41, 5.74) is 1.16. The van der Waals surface area contributed by atoms with Crippen LogP contribution in [0.5, 0.6) is 0 Å². The number of nitrogens with zero attached hydrogens (tertiary/aromatic N) is 1. The van der Waals surface area contributed by atoms with Gasteiger partial charge in [0.15, 0.2) is 0 Å². The summed E-state index contributed by atoms with van der Waals surface area (Å²) in [6, 6.07) is 4.72. The number of hydrogen-bond donors (Lipinski definition) is 2. The minimum atomic E-state index is -0.263. The van der Waals surface area contributed by atoms with E-state index >= 15 is 0 Å². The van der Waals surface area contributed by atoms with Gasteiger partial charge in [0.05, 0.1) is 11.1 Å². The van der Waals surface area contributed by atoms with Crippen LogP contribution < -0.4 is 5.32 Å². The molecule has 1 heterocycles. The molecule has 0 aromatic heterocycles. The molecule has 0 bridgehead atoms. The average molecular weight is 332 g/mol. The minimum absolute atomic E-state index is 0.00221. The summed E-state index contributed by atoms with van der Waals surface area (Å²) in [5, 5.41) is 2.72. The highest BCUT2D eigenvalue weighted by Crippen LogP contribution is 2.31. The van der Waals surface area contributed by atoms with E-state index < -0.39 is 0 Å². The molecule has 1 aliphatic carbocycles. The molecule has 1 saturated carbocycles. The molecule has 3 rings (SSSR count). The monoisotopic (exact) mass is 332 g/mol. The van der Waals surface area contributed by atoms with Crippen molar-refractivity contribution in [3.8, 4) is 0 Å². The maximum atomic E-state index is 12.7. The number of carbonyl (C=O) groups excluding carboxylic acids is 3. The molecule has 1 N–H and O–H groups in total.